The third-order valence-electron chi connectivity index (χ3n) is 6.94. The molecule has 6 nitrogen and oxygen atoms in total. The van der Waals surface area contributed by atoms with Crippen molar-refractivity contribution in [1.29, 1.82) is 0 Å². The number of carbonyl (C=O) groups is 1. The molecule has 2 heterocycles. The molecule has 0 radical (unpaired) electrons. The van der Waals surface area contributed by atoms with Gasteiger partial charge in [0, 0.05) is 35.9 Å². The zero-order valence-electron chi connectivity index (χ0n) is 17.5. The van der Waals surface area contributed by atoms with Gasteiger partial charge in [0.2, 0.25) is 5.91 Å². The quantitative estimate of drug-likeness (QED) is 0.423. The molecule has 0 N–H and O–H groups in total. The molecular formula is C24H23N3O3S. The van der Waals surface area contributed by atoms with Gasteiger partial charge in [0.15, 0.2) is 0 Å². The van der Waals surface area contributed by atoms with Gasteiger partial charge in [-0.1, -0.05) is 30.8 Å². The molecule has 0 unspecified atom stereocenters. The lowest BCUT2D eigenvalue weighted by molar-refractivity contribution is -0.383. The van der Waals surface area contributed by atoms with Gasteiger partial charge >= 0.3 is 0 Å². The number of likely N-dealkylation sites (N-methyl/N-ethyl adjacent to an activating group) is 1. The Labute approximate surface area is 184 Å². The molecular weight excluding hydrogens is 410 g/mol. The Balaban J connectivity index is 1.45. The van der Waals surface area contributed by atoms with E-state index in [9.17, 15) is 14.9 Å². The first kappa shape index (κ1) is 20.0. The van der Waals surface area contributed by atoms with Crippen LogP contribution in [-0.2, 0) is 16.6 Å². The maximum absolute atomic E-state index is 12.2. The lowest BCUT2D eigenvalue weighted by Crippen LogP contribution is -2.56. The number of fused-ring (bicyclic) bond motifs is 4. The van der Waals surface area contributed by atoms with E-state index in [1.165, 1.54) is 17.2 Å². The highest BCUT2D eigenvalue weighted by Gasteiger charge is 2.46. The summed E-state index contributed by atoms with van der Waals surface area (Å²) in [5.74, 6) is 0.251. The van der Waals surface area contributed by atoms with Crippen LogP contribution in [0.3, 0.4) is 0 Å². The molecule has 7 heteroatoms. The summed E-state index contributed by atoms with van der Waals surface area (Å²) in [6, 6.07) is 15.5. The van der Waals surface area contributed by atoms with Gasteiger partial charge in [0.05, 0.1) is 15.8 Å². The minimum Gasteiger partial charge on any atom is -0.342 e. The number of aromatic nitrogens is 1. The maximum atomic E-state index is 12.2. The van der Waals surface area contributed by atoms with Crippen LogP contribution in [0.5, 0.6) is 0 Å². The molecule has 2 aliphatic rings. The van der Waals surface area contributed by atoms with Crippen LogP contribution in [0.15, 0.2) is 58.5 Å². The number of amides is 1. The van der Waals surface area contributed by atoms with Crippen LogP contribution in [0.4, 0.5) is 5.69 Å². The standard InChI is InChI=1S/C24H23N3O3S/c1-24-13-12-23(28)26(2)21(24)10-6-15-14-16(7-9-18(15)24)31-22-11-8-17-19(25-22)4-3-5-20(17)27(29)30/h3-5,7-9,11,14,21H,6,10,12-13H2,1-2H3/t21-,24-/m1/s1. The second-order valence-corrected chi connectivity index (χ2v) is 9.74. The minimum atomic E-state index is -0.371. The van der Waals surface area contributed by atoms with Gasteiger partial charge in [-0.25, -0.2) is 4.98 Å². The van der Waals surface area contributed by atoms with Crippen LogP contribution < -0.4 is 0 Å². The van der Waals surface area contributed by atoms with E-state index >= 15 is 0 Å². The summed E-state index contributed by atoms with van der Waals surface area (Å²) in [5, 5.41) is 12.6. The van der Waals surface area contributed by atoms with E-state index in [0.717, 1.165) is 29.2 Å². The van der Waals surface area contributed by atoms with Crippen molar-refractivity contribution in [2.75, 3.05) is 7.05 Å². The Kier molecular flexibility index (Phi) is 4.73. The number of nitrogens with zero attached hydrogens (tertiary/aromatic N) is 3. The fourth-order valence-electron chi connectivity index (χ4n) is 5.28. The number of likely N-dealkylation sites (tertiary alicyclic amines) is 1. The van der Waals surface area contributed by atoms with Gasteiger partial charge in [-0.3, -0.25) is 14.9 Å². The average Bonchev–Trinajstić information content (AvgIpc) is 2.76. The third kappa shape index (κ3) is 3.28. The van der Waals surface area contributed by atoms with Crippen molar-refractivity contribution < 1.29 is 9.72 Å². The summed E-state index contributed by atoms with van der Waals surface area (Å²) in [6.45, 7) is 2.29. The first-order valence-corrected chi connectivity index (χ1v) is 11.3. The minimum absolute atomic E-state index is 0.000422. The number of nitro benzene ring substituents is 1. The molecule has 0 bridgehead atoms. The molecule has 2 aromatic carbocycles. The number of hydrogen-bond donors (Lipinski definition) is 0. The number of carbonyl (C=O) groups excluding carboxylic acids is 1. The number of pyridine rings is 1. The number of benzene rings is 2. The number of non-ortho nitro benzene ring substituents is 1. The Hall–Kier alpha value is -2.93. The molecule has 1 amide bonds. The van der Waals surface area contributed by atoms with E-state index in [0.29, 0.717) is 17.3 Å². The predicted molar refractivity (Wildman–Crippen MR) is 120 cm³/mol. The first-order chi connectivity index (χ1) is 14.9. The van der Waals surface area contributed by atoms with Crippen LogP contribution in [0.2, 0.25) is 0 Å². The van der Waals surface area contributed by atoms with Crippen LogP contribution >= 0.6 is 11.8 Å². The number of piperidine rings is 1. The molecule has 3 aromatic rings. The van der Waals surface area contributed by atoms with E-state index in [1.807, 2.05) is 18.0 Å². The lowest BCUT2D eigenvalue weighted by atomic mass is 9.63. The lowest BCUT2D eigenvalue weighted by Gasteiger charge is -2.50. The van der Waals surface area contributed by atoms with E-state index < -0.39 is 0 Å². The zero-order chi connectivity index (χ0) is 21.8. The van der Waals surface area contributed by atoms with E-state index in [2.05, 4.69) is 30.1 Å². The van der Waals surface area contributed by atoms with Crippen molar-refractivity contribution in [3.63, 3.8) is 0 Å². The highest BCUT2D eigenvalue weighted by Crippen LogP contribution is 2.46. The van der Waals surface area contributed by atoms with Crippen LogP contribution in [0.1, 0.15) is 37.3 Å². The van der Waals surface area contributed by atoms with Crippen molar-refractivity contribution in [3.05, 3.63) is 69.8 Å². The Morgan fingerprint density at radius 3 is 2.84 bits per heavy atom. The van der Waals surface area contributed by atoms with E-state index in [1.54, 1.807) is 30.0 Å². The molecule has 2 atom stereocenters. The monoisotopic (exact) mass is 433 g/mol. The second-order valence-electron chi connectivity index (χ2n) is 8.65. The summed E-state index contributed by atoms with van der Waals surface area (Å²) < 4.78 is 0. The van der Waals surface area contributed by atoms with Gasteiger partial charge in [-0.2, -0.15) is 0 Å². The molecule has 1 fully saturated rings. The second kappa shape index (κ2) is 7.34. The van der Waals surface area contributed by atoms with Crippen LogP contribution in [0, 0.1) is 10.1 Å². The van der Waals surface area contributed by atoms with E-state index in [4.69, 9.17) is 0 Å². The highest BCUT2D eigenvalue weighted by atomic mass is 32.2. The van der Waals surface area contributed by atoms with Gasteiger partial charge in [-0.15, -0.1) is 0 Å². The van der Waals surface area contributed by atoms with Crippen LogP contribution in [-0.4, -0.2) is 33.8 Å². The number of hydrogen-bond acceptors (Lipinski definition) is 5. The van der Waals surface area contributed by atoms with Gasteiger partial charge in [-0.05, 0) is 60.7 Å². The Morgan fingerprint density at radius 1 is 1.19 bits per heavy atom. The SMILES string of the molecule is CN1C(=O)CC[C@]2(C)c3ccc(Sc4ccc5c([N+](=O)[O-])cccc5n4)cc3CC[C@@H]12. The molecule has 158 valence electrons. The predicted octanol–water partition coefficient (Wildman–Crippen LogP) is 5.12. The summed E-state index contributed by atoms with van der Waals surface area (Å²) in [5.41, 5.74) is 3.41. The van der Waals surface area contributed by atoms with E-state index in [-0.39, 0.29) is 28.0 Å². The Morgan fingerprint density at radius 2 is 2.03 bits per heavy atom. The van der Waals surface area contributed by atoms with Gasteiger partial charge < -0.3 is 4.90 Å². The smallest absolute Gasteiger partial charge is 0.278 e. The normalized spacial score (nSPS) is 22.8. The summed E-state index contributed by atoms with van der Waals surface area (Å²) in [4.78, 5) is 30.8. The molecule has 0 spiro atoms. The first-order valence-electron chi connectivity index (χ1n) is 10.5. The third-order valence-corrected chi connectivity index (χ3v) is 7.86. The number of nitro groups is 1. The molecule has 1 saturated heterocycles. The molecule has 5 rings (SSSR count). The fourth-order valence-corrected chi connectivity index (χ4v) is 6.14. The maximum Gasteiger partial charge on any atom is 0.278 e. The topological polar surface area (TPSA) is 76.3 Å². The van der Waals surface area contributed by atoms with Crippen molar-refractivity contribution >= 4 is 34.3 Å². The molecule has 1 aliphatic carbocycles. The van der Waals surface area contributed by atoms with Crippen molar-refractivity contribution in [3.8, 4) is 0 Å². The average molecular weight is 434 g/mol. The largest absolute Gasteiger partial charge is 0.342 e. The fraction of sp³-hybridized carbons (Fsp3) is 0.333. The highest BCUT2D eigenvalue weighted by molar-refractivity contribution is 7.99. The Bertz CT molecular complexity index is 1230. The van der Waals surface area contributed by atoms with Gasteiger partial charge in [0.25, 0.3) is 5.69 Å². The van der Waals surface area contributed by atoms with Crippen molar-refractivity contribution in [1.82, 2.24) is 9.88 Å². The zero-order valence-corrected chi connectivity index (χ0v) is 18.3. The molecule has 31 heavy (non-hydrogen) atoms. The molecule has 1 aromatic heterocycles. The van der Waals surface area contributed by atoms with Crippen molar-refractivity contribution in [2.45, 2.75) is 54.0 Å². The van der Waals surface area contributed by atoms with Crippen LogP contribution in [0.25, 0.3) is 10.9 Å². The molecule has 0 saturated carbocycles. The number of aryl methyl sites for hydroxylation is 1. The summed E-state index contributed by atoms with van der Waals surface area (Å²) in [6.07, 6.45) is 3.44. The summed E-state index contributed by atoms with van der Waals surface area (Å²) in [7, 11) is 1.94. The molecule has 1 aliphatic heterocycles. The van der Waals surface area contributed by atoms with Crippen molar-refractivity contribution in [2.24, 2.45) is 0 Å². The summed E-state index contributed by atoms with van der Waals surface area (Å²) >= 11 is 1.57. The van der Waals surface area contributed by atoms with Gasteiger partial charge in [0.1, 0.15) is 5.03 Å². The number of rotatable bonds is 3.